The van der Waals surface area contributed by atoms with Crippen LogP contribution in [-0.2, 0) is 9.53 Å². The molecule has 1 aliphatic rings. The minimum atomic E-state index is -0.758. The lowest BCUT2D eigenvalue weighted by molar-refractivity contribution is -0.143. The quantitative estimate of drug-likeness (QED) is 0.925. The molecule has 1 saturated heterocycles. The molecule has 1 N–H and O–H groups in total. The largest absolute Gasteiger partial charge is 0.495 e. The Hall–Kier alpha value is -1.30. The van der Waals surface area contributed by atoms with Crippen molar-refractivity contribution in [2.24, 2.45) is 0 Å². The van der Waals surface area contributed by atoms with Crippen molar-refractivity contribution in [3.8, 4) is 5.75 Å². The van der Waals surface area contributed by atoms with Gasteiger partial charge in [-0.2, -0.15) is 0 Å². The minimum Gasteiger partial charge on any atom is -0.495 e. The van der Waals surface area contributed by atoms with Gasteiger partial charge in [-0.1, -0.05) is 11.6 Å². The number of rotatable bonds is 4. The highest BCUT2D eigenvalue weighted by atomic mass is 35.5. The van der Waals surface area contributed by atoms with Crippen LogP contribution in [0.4, 0.5) is 5.69 Å². The SMILES string of the molecule is COc1ccc(N(C)C(=O)C2(OC)CCNCC2)cc1Cl. The number of likely N-dealkylation sites (N-methyl/N-ethyl adjacent to an activating group) is 1. The van der Waals surface area contributed by atoms with Crippen LogP contribution >= 0.6 is 11.6 Å². The van der Waals surface area contributed by atoms with Crippen molar-refractivity contribution in [1.29, 1.82) is 0 Å². The van der Waals surface area contributed by atoms with Gasteiger partial charge in [0, 0.05) is 19.8 Å². The normalized spacial score (nSPS) is 17.3. The number of hydrogen-bond donors (Lipinski definition) is 1. The molecule has 2 rings (SSSR count). The monoisotopic (exact) mass is 312 g/mol. The van der Waals surface area contributed by atoms with Crippen molar-refractivity contribution >= 4 is 23.2 Å². The Morgan fingerprint density at radius 2 is 2.00 bits per heavy atom. The van der Waals surface area contributed by atoms with Gasteiger partial charge in [-0.25, -0.2) is 0 Å². The molecule has 0 bridgehead atoms. The zero-order chi connectivity index (χ0) is 15.5. The summed E-state index contributed by atoms with van der Waals surface area (Å²) < 4.78 is 10.7. The molecule has 0 aliphatic carbocycles. The number of carbonyl (C=O) groups is 1. The second-order valence-electron chi connectivity index (χ2n) is 5.13. The van der Waals surface area contributed by atoms with Crippen molar-refractivity contribution in [3.05, 3.63) is 23.2 Å². The molecule has 0 saturated carbocycles. The lowest BCUT2D eigenvalue weighted by Gasteiger charge is -2.37. The van der Waals surface area contributed by atoms with E-state index in [1.807, 2.05) is 6.07 Å². The van der Waals surface area contributed by atoms with E-state index in [4.69, 9.17) is 21.1 Å². The Bertz CT molecular complexity index is 516. The highest BCUT2D eigenvalue weighted by molar-refractivity contribution is 6.32. The number of piperidine rings is 1. The van der Waals surface area contributed by atoms with E-state index in [9.17, 15) is 4.79 Å². The smallest absolute Gasteiger partial charge is 0.259 e. The third-order valence-corrected chi connectivity index (χ3v) is 4.31. The van der Waals surface area contributed by atoms with E-state index in [0.717, 1.165) is 18.8 Å². The molecule has 1 aromatic rings. The number of nitrogens with zero attached hydrogens (tertiary/aromatic N) is 1. The van der Waals surface area contributed by atoms with Crippen LogP contribution in [0, 0.1) is 0 Å². The van der Waals surface area contributed by atoms with Crippen molar-refractivity contribution in [2.45, 2.75) is 18.4 Å². The van der Waals surface area contributed by atoms with E-state index >= 15 is 0 Å². The zero-order valence-corrected chi connectivity index (χ0v) is 13.4. The summed E-state index contributed by atoms with van der Waals surface area (Å²) in [6, 6.07) is 5.29. The van der Waals surface area contributed by atoms with Crippen molar-refractivity contribution in [3.63, 3.8) is 0 Å². The van der Waals surface area contributed by atoms with E-state index in [1.165, 1.54) is 0 Å². The molecule has 0 spiro atoms. The van der Waals surface area contributed by atoms with E-state index < -0.39 is 5.60 Å². The van der Waals surface area contributed by atoms with Crippen molar-refractivity contribution in [1.82, 2.24) is 5.32 Å². The third-order valence-electron chi connectivity index (χ3n) is 4.02. The fraction of sp³-hybridized carbons (Fsp3) is 0.533. The average Bonchev–Trinajstić information content (AvgIpc) is 2.54. The van der Waals surface area contributed by atoms with Gasteiger partial charge in [0.25, 0.3) is 5.91 Å². The molecule has 0 atom stereocenters. The molecule has 0 unspecified atom stereocenters. The predicted molar refractivity (Wildman–Crippen MR) is 83.3 cm³/mol. The summed E-state index contributed by atoms with van der Waals surface area (Å²) in [6.45, 7) is 1.55. The molecule has 5 nitrogen and oxygen atoms in total. The lowest BCUT2D eigenvalue weighted by Crippen LogP contribution is -2.54. The standard InChI is InChI=1S/C15H21ClN2O3/c1-18(11-4-5-13(20-2)12(16)10-11)14(19)15(21-3)6-8-17-9-7-15/h4-5,10,17H,6-9H2,1-3H3. The first kappa shape index (κ1) is 16.1. The first-order valence-corrected chi connectivity index (χ1v) is 7.29. The van der Waals surface area contributed by atoms with Gasteiger partial charge < -0.3 is 19.7 Å². The summed E-state index contributed by atoms with van der Waals surface area (Å²) in [5, 5.41) is 3.72. The Labute approximate surface area is 130 Å². The Kier molecular flexibility index (Phi) is 5.08. The molecule has 1 heterocycles. The summed E-state index contributed by atoms with van der Waals surface area (Å²) >= 11 is 6.13. The van der Waals surface area contributed by atoms with Crippen LogP contribution in [0.15, 0.2) is 18.2 Å². The predicted octanol–water partition coefficient (Wildman–Crippen LogP) is 2.08. The van der Waals surface area contributed by atoms with Gasteiger partial charge in [0.1, 0.15) is 11.4 Å². The van der Waals surface area contributed by atoms with E-state index in [0.29, 0.717) is 23.6 Å². The van der Waals surface area contributed by atoms with E-state index in [-0.39, 0.29) is 5.91 Å². The lowest BCUT2D eigenvalue weighted by atomic mass is 9.90. The number of nitrogens with one attached hydrogen (secondary N) is 1. The maximum Gasteiger partial charge on any atom is 0.259 e. The van der Waals surface area contributed by atoms with E-state index in [1.54, 1.807) is 38.3 Å². The fourth-order valence-electron chi connectivity index (χ4n) is 2.62. The highest BCUT2D eigenvalue weighted by Gasteiger charge is 2.41. The van der Waals surface area contributed by atoms with Gasteiger partial charge >= 0.3 is 0 Å². The molecule has 21 heavy (non-hydrogen) atoms. The second-order valence-corrected chi connectivity index (χ2v) is 5.54. The van der Waals surface area contributed by atoms with Crippen molar-refractivity contribution in [2.75, 3.05) is 39.3 Å². The molecule has 0 aromatic heterocycles. The number of halogens is 1. The van der Waals surface area contributed by atoms with Gasteiger partial charge in [-0.05, 0) is 44.1 Å². The first-order valence-electron chi connectivity index (χ1n) is 6.91. The van der Waals surface area contributed by atoms with Crippen LogP contribution in [-0.4, -0.2) is 45.9 Å². The van der Waals surface area contributed by atoms with Crippen molar-refractivity contribution < 1.29 is 14.3 Å². The van der Waals surface area contributed by atoms with Gasteiger partial charge in [0.15, 0.2) is 0 Å². The Morgan fingerprint density at radius 1 is 1.33 bits per heavy atom. The number of anilines is 1. The zero-order valence-electron chi connectivity index (χ0n) is 12.6. The molecule has 6 heteroatoms. The molecule has 1 aromatic carbocycles. The highest BCUT2D eigenvalue weighted by Crippen LogP contribution is 2.31. The molecular formula is C15H21ClN2O3. The van der Waals surface area contributed by atoms with Gasteiger partial charge in [-0.3, -0.25) is 4.79 Å². The summed E-state index contributed by atoms with van der Waals surface area (Å²) in [6.07, 6.45) is 1.33. The summed E-state index contributed by atoms with van der Waals surface area (Å²) in [7, 11) is 4.89. The average molecular weight is 313 g/mol. The van der Waals surface area contributed by atoms with Crippen LogP contribution < -0.4 is 15.0 Å². The molecular weight excluding hydrogens is 292 g/mol. The minimum absolute atomic E-state index is 0.0484. The number of benzene rings is 1. The number of methoxy groups -OCH3 is 2. The number of ether oxygens (including phenoxy) is 2. The fourth-order valence-corrected chi connectivity index (χ4v) is 2.87. The summed E-state index contributed by atoms with van der Waals surface area (Å²) in [4.78, 5) is 14.4. The van der Waals surface area contributed by atoms with Gasteiger partial charge in [-0.15, -0.1) is 0 Å². The van der Waals surface area contributed by atoms with Crippen LogP contribution in [0.2, 0.25) is 5.02 Å². The van der Waals surface area contributed by atoms with Gasteiger partial charge in [0.2, 0.25) is 0 Å². The second kappa shape index (κ2) is 6.64. The maximum absolute atomic E-state index is 12.8. The molecule has 1 fully saturated rings. The summed E-state index contributed by atoms with van der Waals surface area (Å²) in [5.41, 5.74) is -0.0346. The maximum atomic E-state index is 12.8. The topological polar surface area (TPSA) is 50.8 Å². The van der Waals surface area contributed by atoms with Crippen LogP contribution in [0.5, 0.6) is 5.75 Å². The summed E-state index contributed by atoms with van der Waals surface area (Å²) in [5.74, 6) is 0.539. The molecule has 1 aliphatic heterocycles. The Morgan fingerprint density at radius 3 is 2.52 bits per heavy atom. The number of carbonyl (C=O) groups excluding carboxylic acids is 1. The van der Waals surface area contributed by atoms with Crippen LogP contribution in [0.1, 0.15) is 12.8 Å². The molecule has 1 amide bonds. The third kappa shape index (κ3) is 3.15. The van der Waals surface area contributed by atoms with Crippen LogP contribution in [0.25, 0.3) is 0 Å². The van der Waals surface area contributed by atoms with Crippen LogP contribution in [0.3, 0.4) is 0 Å². The Balaban J connectivity index is 2.23. The number of amides is 1. The molecule has 0 radical (unpaired) electrons. The molecule has 116 valence electrons. The van der Waals surface area contributed by atoms with Gasteiger partial charge in [0.05, 0.1) is 12.1 Å². The first-order chi connectivity index (χ1) is 10.0. The number of hydrogen-bond acceptors (Lipinski definition) is 4. The van der Waals surface area contributed by atoms with E-state index in [2.05, 4.69) is 5.32 Å².